The molecule has 5 unspecified atom stereocenters. The summed E-state index contributed by atoms with van der Waals surface area (Å²) in [5.74, 6) is -4.05. The van der Waals surface area contributed by atoms with Gasteiger partial charge in [0.05, 0.1) is 12.0 Å². The van der Waals surface area contributed by atoms with E-state index in [4.69, 9.17) is 5.73 Å². The predicted molar refractivity (Wildman–Crippen MR) is 145 cm³/mol. The number of likely N-dealkylation sites (tertiary alicyclic amines) is 1. The molecule has 2 spiro atoms. The van der Waals surface area contributed by atoms with Crippen LogP contribution in [0.1, 0.15) is 87.0 Å². The fraction of sp³-hybridized carbons (Fsp3) is 0.828. The molecule has 41 heavy (non-hydrogen) atoms. The minimum Gasteiger partial charge on any atom is -0.462 e. The Kier molecular flexibility index (Phi) is 7.31. The second-order valence-corrected chi connectivity index (χ2v) is 14.7. The number of rotatable bonds is 9. The molecule has 10 nitrogen and oxygen atoms in total. The van der Waals surface area contributed by atoms with Crippen LogP contribution in [0.25, 0.3) is 0 Å². The third kappa shape index (κ3) is 4.34. The van der Waals surface area contributed by atoms with Crippen LogP contribution in [0.2, 0.25) is 0 Å². The molecular weight excluding hydrogens is 536 g/mol. The molecule has 230 valence electrons. The van der Waals surface area contributed by atoms with Gasteiger partial charge in [-0.2, -0.15) is 0 Å². The zero-order chi connectivity index (χ0) is 31.1. The average molecular weight is 584 g/mol. The zero-order valence-corrected chi connectivity index (χ0v) is 25.3. The van der Waals surface area contributed by atoms with Crippen molar-refractivity contribution in [2.45, 2.75) is 117 Å². The quantitative estimate of drug-likeness (QED) is 0.143. The van der Waals surface area contributed by atoms with Gasteiger partial charge < -0.3 is 21.1 Å². The highest BCUT2D eigenvalue weighted by Crippen LogP contribution is 2.89. The fourth-order valence-electron chi connectivity index (χ4n) is 8.21. The minimum absolute atomic E-state index is 0.0504. The topological polar surface area (TPSA) is 171 Å². The normalized spacial score (nSPS) is 31.4. The van der Waals surface area contributed by atoms with E-state index in [1.165, 1.54) is 0 Å². The number of alkyl halides is 2. The third-order valence-electron chi connectivity index (χ3n) is 11.7. The minimum atomic E-state index is -2.93. The Morgan fingerprint density at radius 3 is 2.07 bits per heavy atom. The van der Waals surface area contributed by atoms with Crippen LogP contribution in [0.5, 0.6) is 0 Å². The van der Waals surface area contributed by atoms with Gasteiger partial charge in [-0.3, -0.25) is 20.1 Å². The van der Waals surface area contributed by atoms with E-state index in [0.717, 1.165) is 19.3 Å². The fourth-order valence-corrected chi connectivity index (χ4v) is 8.21. The standard InChI is InChI=1S/C29H45F2N5O5/c1-15-18(21(39)34-16(13-17(30)31)19(37)20(32)38)36(14-29(15)25(5,6)28(29)9-8-10-28)23(41)26(7,24(2,3)4)35-22(40)27(33)11-12-27/h15-18H,8-14,33H2,1-7H3,(H2,32,38)(H,34,39)(H,35,40)/p+2. The Bertz CT molecular complexity index is 1190. The largest absolute Gasteiger partial charge is 0.462 e. The van der Waals surface area contributed by atoms with Gasteiger partial charge in [0.15, 0.2) is 6.04 Å². The molecular formula is C29H47F2N5O5+2. The van der Waals surface area contributed by atoms with Crippen LogP contribution >= 0.6 is 0 Å². The number of nitrogens with zero attached hydrogens (tertiary/aromatic N) is 1. The van der Waals surface area contributed by atoms with Gasteiger partial charge >= 0.3 is 17.6 Å². The van der Waals surface area contributed by atoms with Crippen LogP contribution in [0.4, 0.5) is 8.78 Å². The summed E-state index contributed by atoms with van der Waals surface area (Å²) in [4.78, 5) is 56.0. The van der Waals surface area contributed by atoms with Gasteiger partial charge in [0.1, 0.15) is 5.54 Å². The van der Waals surface area contributed by atoms with E-state index in [1.807, 2.05) is 27.7 Å². The van der Waals surface area contributed by atoms with Crippen LogP contribution in [0, 0.1) is 27.6 Å². The Labute approximate surface area is 240 Å². The summed E-state index contributed by atoms with van der Waals surface area (Å²) in [6, 6.07) is -2.70. The molecule has 4 fully saturated rings. The smallest absolute Gasteiger partial charge is 0.384 e. The number of Topliss-reactive ketones (excluding diaryl/α,β-unsaturated/α-hetero) is 1. The van der Waals surface area contributed by atoms with E-state index >= 15 is 0 Å². The monoisotopic (exact) mass is 583 g/mol. The van der Waals surface area contributed by atoms with Crippen molar-refractivity contribution in [1.82, 2.24) is 10.2 Å². The first kappa shape index (κ1) is 31.5. The van der Waals surface area contributed by atoms with Crippen molar-refractivity contribution in [3.05, 3.63) is 0 Å². The van der Waals surface area contributed by atoms with Gasteiger partial charge in [-0.1, -0.05) is 48.0 Å². The molecule has 3 amide bonds. The van der Waals surface area contributed by atoms with E-state index in [1.54, 1.807) is 11.8 Å². The van der Waals surface area contributed by atoms with Crippen molar-refractivity contribution in [1.29, 1.82) is 0 Å². The van der Waals surface area contributed by atoms with Gasteiger partial charge in [-0.15, -0.1) is 0 Å². The molecule has 5 atom stereocenters. The number of carbonyl (C=O) groups is 4. The summed E-state index contributed by atoms with van der Waals surface area (Å²) in [7, 11) is 0. The molecule has 12 heteroatoms. The lowest BCUT2D eigenvalue weighted by molar-refractivity contribution is -0.501. The van der Waals surface area contributed by atoms with E-state index < -0.39 is 70.8 Å². The summed E-state index contributed by atoms with van der Waals surface area (Å²) in [6.45, 7) is 13.7. The second kappa shape index (κ2) is 9.52. The maximum atomic E-state index is 14.7. The zero-order valence-electron chi connectivity index (χ0n) is 25.3. The SMILES string of the molecule is CC1C(C(O)=[NH+]C(CC(F)F)C(=O)C([NH3+])=O)N(C(=O)C(C)(NC(=O)C2(N)CC2)C(C)(C)C)CC12C(C)(C)C21CCC1. The maximum absolute atomic E-state index is 14.7. The number of hydrogen-bond acceptors (Lipinski definition) is 5. The average Bonchev–Trinajstić information content (AvgIpc) is 3.62. The number of nitrogens with one attached hydrogen (secondary N) is 2. The van der Waals surface area contributed by atoms with Crippen molar-refractivity contribution in [3.63, 3.8) is 0 Å². The van der Waals surface area contributed by atoms with Crippen molar-refractivity contribution in [2.24, 2.45) is 33.3 Å². The van der Waals surface area contributed by atoms with Crippen LogP contribution in [-0.4, -0.2) is 75.5 Å². The Balaban J connectivity index is 1.80. The predicted octanol–water partition coefficient (Wildman–Crippen LogP) is -0.159. The number of quaternary nitrogens is 1. The lowest BCUT2D eigenvalue weighted by Gasteiger charge is -2.44. The third-order valence-corrected chi connectivity index (χ3v) is 11.7. The number of ketones is 1. The van der Waals surface area contributed by atoms with E-state index in [9.17, 15) is 33.1 Å². The number of aliphatic hydroxyl groups is 1. The van der Waals surface area contributed by atoms with Crippen molar-refractivity contribution in [2.75, 3.05) is 6.54 Å². The molecule has 4 aliphatic rings. The van der Waals surface area contributed by atoms with Crippen LogP contribution < -0.4 is 21.8 Å². The summed E-state index contributed by atoms with van der Waals surface area (Å²) in [6.07, 6.45) is 0.0830. The highest BCUT2D eigenvalue weighted by Gasteiger charge is 2.88. The molecule has 3 aliphatic carbocycles. The maximum Gasteiger partial charge on any atom is 0.384 e. The van der Waals surface area contributed by atoms with Crippen molar-refractivity contribution in [3.8, 4) is 0 Å². The highest BCUT2D eigenvalue weighted by atomic mass is 19.3. The number of hydrogen-bond donors (Lipinski definition) is 5. The number of amides is 3. The van der Waals surface area contributed by atoms with Crippen molar-refractivity contribution < 1.29 is 43.8 Å². The van der Waals surface area contributed by atoms with Crippen LogP contribution in [0.15, 0.2) is 0 Å². The van der Waals surface area contributed by atoms with Crippen molar-refractivity contribution >= 4 is 29.4 Å². The number of nitrogens with two attached hydrogens (primary N) is 1. The number of halogens is 2. The summed E-state index contributed by atoms with van der Waals surface area (Å²) in [5, 5.41) is 14.4. The van der Waals surface area contributed by atoms with E-state index in [2.05, 4.69) is 29.9 Å². The molecule has 0 bridgehead atoms. The first-order chi connectivity index (χ1) is 18.6. The van der Waals surface area contributed by atoms with E-state index in [-0.39, 0.29) is 28.7 Å². The molecule has 1 aliphatic heterocycles. The summed E-state index contributed by atoms with van der Waals surface area (Å²) in [5.41, 5.74) is 5.37. The lowest BCUT2D eigenvalue weighted by atomic mass is 9.71. The number of aliphatic hydroxyl groups excluding tert-OH is 1. The molecule has 8 N–H and O–H groups in total. The Morgan fingerprint density at radius 2 is 1.68 bits per heavy atom. The Morgan fingerprint density at radius 1 is 1.12 bits per heavy atom. The molecule has 0 aromatic rings. The first-order valence-corrected chi connectivity index (χ1v) is 14.6. The lowest BCUT2D eigenvalue weighted by Crippen LogP contribution is -2.87. The molecule has 0 aromatic heterocycles. The second-order valence-electron chi connectivity index (χ2n) is 14.7. The number of carbonyl (C=O) groups excluding carboxylic acids is 4. The number of fused-ring (bicyclic) bond motifs is 1. The van der Waals surface area contributed by atoms with Gasteiger partial charge in [0.2, 0.25) is 24.3 Å². The van der Waals surface area contributed by atoms with Gasteiger partial charge in [-0.05, 0) is 54.8 Å². The summed E-state index contributed by atoms with van der Waals surface area (Å²) < 4.78 is 26.8. The van der Waals surface area contributed by atoms with Gasteiger partial charge in [-0.25, -0.2) is 18.6 Å². The summed E-state index contributed by atoms with van der Waals surface area (Å²) >= 11 is 0. The molecule has 1 heterocycles. The van der Waals surface area contributed by atoms with Gasteiger partial charge in [0, 0.05) is 12.0 Å². The highest BCUT2D eigenvalue weighted by molar-refractivity contribution is 6.33. The van der Waals surface area contributed by atoms with Crippen LogP contribution in [0.3, 0.4) is 0 Å². The molecule has 0 radical (unpaired) electrons. The van der Waals surface area contributed by atoms with Gasteiger partial charge in [0.25, 0.3) is 0 Å². The molecule has 4 rings (SSSR count). The van der Waals surface area contributed by atoms with Crippen LogP contribution in [-0.2, 0) is 19.2 Å². The molecule has 0 aromatic carbocycles. The first-order valence-electron chi connectivity index (χ1n) is 14.6. The van der Waals surface area contributed by atoms with E-state index in [0.29, 0.717) is 12.8 Å². The molecule has 1 saturated heterocycles. The molecule has 3 saturated carbocycles. The Hall–Kier alpha value is -2.47.